The third kappa shape index (κ3) is 7.26. The summed E-state index contributed by atoms with van der Waals surface area (Å²) in [5.41, 5.74) is 2.74. The number of nitrogens with zero attached hydrogens (tertiary/aromatic N) is 1. The van der Waals surface area contributed by atoms with E-state index < -0.39 is 0 Å². The van der Waals surface area contributed by atoms with Gasteiger partial charge in [0.2, 0.25) is 5.91 Å². The number of rotatable bonds is 11. The molecule has 2 aromatic carbocycles. The number of nitrogens with one attached hydrogen (secondary N) is 1. The van der Waals surface area contributed by atoms with Crippen LogP contribution in [0, 0.1) is 0 Å². The van der Waals surface area contributed by atoms with Gasteiger partial charge >= 0.3 is 0 Å². The molecule has 0 saturated heterocycles. The summed E-state index contributed by atoms with van der Waals surface area (Å²) in [6.45, 7) is 5.64. The Hall–Kier alpha value is -3.12. The molecule has 0 atom stereocenters. The summed E-state index contributed by atoms with van der Waals surface area (Å²) in [7, 11) is 0. The van der Waals surface area contributed by atoms with E-state index in [1.54, 1.807) is 6.08 Å². The normalized spacial score (nSPS) is 10.9. The van der Waals surface area contributed by atoms with Crippen molar-refractivity contribution in [2.45, 2.75) is 33.1 Å². The Labute approximate surface area is 187 Å². The zero-order valence-corrected chi connectivity index (χ0v) is 18.8. The maximum absolute atomic E-state index is 12.2. The van der Waals surface area contributed by atoms with Gasteiger partial charge in [-0.25, -0.2) is 4.98 Å². The highest BCUT2D eigenvalue weighted by molar-refractivity contribution is 7.14. The highest BCUT2D eigenvalue weighted by Gasteiger charge is 2.07. The van der Waals surface area contributed by atoms with Crippen LogP contribution in [0.25, 0.3) is 17.3 Å². The summed E-state index contributed by atoms with van der Waals surface area (Å²) in [4.78, 5) is 16.8. The number of anilines is 1. The molecule has 0 bridgehead atoms. The number of hydrogen-bond donors (Lipinski definition) is 1. The molecule has 0 spiro atoms. The van der Waals surface area contributed by atoms with Crippen molar-refractivity contribution in [3.05, 3.63) is 65.6 Å². The van der Waals surface area contributed by atoms with Gasteiger partial charge in [-0.15, -0.1) is 11.3 Å². The molecule has 0 radical (unpaired) electrons. The Balaban J connectivity index is 1.52. The van der Waals surface area contributed by atoms with Crippen LogP contribution in [-0.2, 0) is 4.79 Å². The van der Waals surface area contributed by atoms with Crippen LogP contribution in [0.2, 0.25) is 0 Å². The average molecular weight is 437 g/mol. The summed E-state index contributed by atoms with van der Waals surface area (Å²) in [5, 5.41) is 5.31. The fourth-order valence-corrected chi connectivity index (χ4v) is 3.46. The standard InChI is InChI=1S/C25H28N2O3S/c1-3-5-17-30-21-11-6-19(7-12-21)8-15-24(28)27-25-26-23(18-31-25)20-9-13-22(14-10-20)29-16-4-2/h6-15,18H,3-5,16-17H2,1-2H3,(H,26,27,28)/b15-8+. The maximum atomic E-state index is 12.2. The van der Waals surface area contributed by atoms with Gasteiger partial charge in [-0.2, -0.15) is 0 Å². The number of aromatic nitrogens is 1. The third-order valence-electron chi connectivity index (χ3n) is 4.43. The van der Waals surface area contributed by atoms with Crippen molar-refractivity contribution >= 4 is 28.5 Å². The molecule has 1 amide bonds. The number of thiazole rings is 1. The van der Waals surface area contributed by atoms with E-state index in [1.165, 1.54) is 17.4 Å². The van der Waals surface area contributed by atoms with Gasteiger partial charge in [0.05, 0.1) is 18.9 Å². The third-order valence-corrected chi connectivity index (χ3v) is 5.19. The van der Waals surface area contributed by atoms with E-state index >= 15 is 0 Å². The zero-order valence-electron chi connectivity index (χ0n) is 18.0. The number of amides is 1. The summed E-state index contributed by atoms with van der Waals surface area (Å²) < 4.78 is 11.3. The number of ether oxygens (including phenoxy) is 2. The van der Waals surface area contributed by atoms with Crippen molar-refractivity contribution < 1.29 is 14.3 Å². The Morgan fingerprint density at radius 1 is 0.968 bits per heavy atom. The van der Waals surface area contributed by atoms with Gasteiger partial charge < -0.3 is 9.47 Å². The molecule has 3 aromatic rings. The van der Waals surface area contributed by atoms with Crippen LogP contribution >= 0.6 is 11.3 Å². The van der Waals surface area contributed by atoms with Gasteiger partial charge in [-0.3, -0.25) is 10.1 Å². The highest BCUT2D eigenvalue weighted by Crippen LogP contribution is 2.26. The molecule has 31 heavy (non-hydrogen) atoms. The van der Waals surface area contributed by atoms with Gasteiger partial charge in [0.15, 0.2) is 5.13 Å². The van der Waals surface area contributed by atoms with Crippen molar-refractivity contribution in [2.24, 2.45) is 0 Å². The Kier molecular flexibility index (Phi) is 8.67. The minimum absolute atomic E-state index is 0.215. The van der Waals surface area contributed by atoms with Crippen molar-refractivity contribution in [1.82, 2.24) is 4.98 Å². The smallest absolute Gasteiger partial charge is 0.250 e. The predicted molar refractivity (Wildman–Crippen MR) is 128 cm³/mol. The van der Waals surface area contributed by atoms with Crippen LogP contribution in [0.15, 0.2) is 60.0 Å². The SMILES string of the molecule is CCCCOc1ccc(/C=C/C(=O)Nc2nc(-c3ccc(OCCC)cc3)cs2)cc1. The van der Waals surface area contributed by atoms with Gasteiger partial charge in [0.25, 0.3) is 0 Å². The minimum Gasteiger partial charge on any atom is -0.494 e. The maximum Gasteiger partial charge on any atom is 0.250 e. The lowest BCUT2D eigenvalue weighted by Gasteiger charge is -2.05. The fraction of sp³-hybridized carbons (Fsp3) is 0.280. The monoisotopic (exact) mass is 436 g/mol. The van der Waals surface area contributed by atoms with Crippen LogP contribution in [0.3, 0.4) is 0 Å². The quantitative estimate of drug-likeness (QED) is 0.278. The second-order valence-corrected chi connectivity index (χ2v) is 7.86. The van der Waals surface area contributed by atoms with Crippen LogP contribution < -0.4 is 14.8 Å². The van der Waals surface area contributed by atoms with Gasteiger partial charge in [-0.05, 0) is 60.9 Å². The molecule has 3 rings (SSSR count). The summed E-state index contributed by atoms with van der Waals surface area (Å²) in [6.07, 6.45) is 6.41. The largest absolute Gasteiger partial charge is 0.494 e. The fourth-order valence-electron chi connectivity index (χ4n) is 2.73. The Morgan fingerprint density at radius 2 is 1.65 bits per heavy atom. The number of unbranched alkanes of at least 4 members (excludes halogenated alkanes) is 1. The topological polar surface area (TPSA) is 60.5 Å². The summed E-state index contributed by atoms with van der Waals surface area (Å²) >= 11 is 1.40. The highest BCUT2D eigenvalue weighted by atomic mass is 32.1. The number of carbonyl (C=O) groups is 1. The molecule has 5 nitrogen and oxygen atoms in total. The van der Waals surface area contributed by atoms with E-state index in [0.29, 0.717) is 11.7 Å². The molecule has 0 aliphatic heterocycles. The van der Waals surface area contributed by atoms with E-state index in [0.717, 1.165) is 54.2 Å². The lowest BCUT2D eigenvalue weighted by molar-refractivity contribution is -0.111. The number of carbonyl (C=O) groups excluding carboxylic acids is 1. The average Bonchev–Trinajstić information content (AvgIpc) is 3.26. The van der Waals surface area contributed by atoms with E-state index in [9.17, 15) is 4.79 Å². The molecular formula is C25H28N2O3S. The Morgan fingerprint density at radius 3 is 2.32 bits per heavy atom. The lowest BCUT2D eigenvalue weighted by Crippen LogP contribution is -2.07. The van der Waals surface area contributed by atoms with Crippen molar-refractivity contribution in [3.63, 3.8) is 0 Å². The predicted octanol–water partition coefficient (Wildman–Crippen LogP) is 6.43. The number of hydrogen-bond acceptors (Lipinski definition) is 5. The molecular weight excluding hydrogens is 408 g/mol. The van der Waals surface area contributed by atoms with Crippen molar-refractivity contribution in [1.29, 1.82) is 0 Å². The molecule has 1 aromatic heterocycles. The van der Waals surface area contributed by atoms with Crippen LogP contribution in [-0.4, -0.2) is 24.1 Å². The molecule has 0 aliphatic rings. The van der Waals surface area contributed by atoms with Gasteiger partial charge in [0, 0.05) is 17.0 Å². The van der Waals surface area contributed by atoms with E-state index in [4.69, 9.17) is 9.47 Å². The molecule has 162 valence electrons. The molecule has 0 saturated carbocycles. The van der Waals surface area contributed by atoms with Crippen molar-refractivity contribution in [3.8, 4) is 22.8 Å². The second-order valence-electron chi connectivity index (χ2n) is 7.00. The van der Waals surface area contributed by atoms with Crippen LogP contribution in [0.4, 0.5) is 5.13 Å². The first kappa shape index (κ1) is 22.6. The van der Waals surface area contributed by atoms with Gasteiger partial charge in [-0.1, -0.05) is 32.4 Å². The van der Waals surface area contributed by atoms with Gasteiger partial charge in [0.1, 0.15) is 11.5 Å². The zero-order chi connectivity index (χ0) is 21.9. The molecule has 0 aliphatic carbocycles. The molecule has 1 N–H and O–H groups in total. The van der Waals surface area contributed by atoms with E-state index in [-0.39, 0.29) is 5.91 Å². The van der Waals surface area contributed by atoms with Crippen molar-refractivity contribution in [2.75, 3.05) is 18.5 Å². The van der Waals surface area contributed by atoms with E-state index in [1.807, 2.05) is 53.9 Å². The molecule has 6 heteroatoms. The summed E-state index contributed by atoms with van der Waals surface area (Å²) in [5.74, 6) is 1.47. The first-order chi connectivity index (χ1) is 15.2. The van der Waals surface area contributed by atoms with Crippen LogP contribution in [0.1, 0.15) is 38.7 Å². The lowest BCUT2D eigenvalue weighted by atomic mass is 10.2. The molecule has 0 unspecified atom stereocenters. The molecule has 1 heterocycles. The first-order valence-electron chi connectivity index (χ1n) is 10.6. The first-order valence-corrected chi connectivity index (χ1v) is 11.5. The number of benzene rings is 2. The minimum atomic E-state index is -0.215. The van der Waals surface area contributed by atoms with Crippen LogP contribution in [0.5, 0.6) is 11.5 Å². The van der Waals surface area contributed by atoms with E-state index in [2.05, 4.69) is 24.1 Å². The molecule has 0 fully saturated rings. The summed E-state index contributed by atoms with van der Waals surface area (Å²) in [6, 6.07) is 15.5. The second kappa shape index (κ2) is 11.9. The Bertz CT molecular complexity index is 979.